The van der Waals surface area contributed by atoms with Crippen LogP contribution in [0.3, 0.4) is 0 Å². The molecule has 162 valence electrons. The first-order valence-corrected chi connectivity index (χ1v) is 7.99. The molecule has 0 aromatic heterocycles. The molecule has 1 amide bonds. The lowest BCUT2D eigenvalue weighted by Crippen LogP contribution is -2.36. The van der Waals surface area contributed by atoms with Gasteiger partial charge < -0.3 is 48.3 Å². The summed E-state index contributed by atoms with van der Waals surface area (Å²) in [7, 11) is 0. The molecule has 14 nitrogen and oxygen atoms in total. The predicted molar refractivity (Wildman–Crippen MR) is 93.7 cm³/mol. The number of carboxylic acids is 3. The summed E-state index contributed by atoms with van der Waals surface area (Å²) in [5.74, 6) is -4.52. The summed E-state index contributed by atoms with van der Waals surface area (Å²) in [4.78, 5) is 50.4. The number of amides is 1. The second kappa shape index (κ2) is 15.3. The molecule has 14 heteroatoms. The first-order chi connectivity index (χ1) is 12.9. The van der Waals surface area contributed by atoms with Gasteiger partial charge in [0.25, 0.3) is 0 Å². The van der Waals surface area contributed by atoms with Crippen molar-refractivity contribution in [2.75, 3.05) is 19.7 Å². The summed E-state index contributed by atoms with van der Waals surface area (Å²) < 4.78 is 4.34. The minimum Gasteiger partial charge on any atom is -0.480 e. The zero-order chi connectivity index (χ0) is 22.3. The van der Waals surface area contributed by atoms with Crippen LogP contribution in [-0.4, -0.2) is 82.9 Å². The lowest BCUT2D eigenvalue weighted by Gasteiger charge is -2.05. The minimum absolute atomic E-state index is 0.269. The number of carboxylic acid groups (broad SMARTS) is 3. The van der Waals surface area contributed by atoms with E-state index in [-0.39, 0.29) is 25.6 Å². The summed E-state index contributed by atoms with van der Waals surface area (Å²) >= 11 is 0. The molecule has 1 heterocycles. The highest BCUT2D eigenvalue weighted by Gasteiger charge is 2.20. The highest BCUT2D eigenvalue weighted by Crippen LogP contribution is 2.03. The van der Waals surface area contributed by atoms with Gasteiger partial charge in [-0.2, -0.15) is 0 Å². The molecule has 1 fully saturated rings. The number of rotatable bonds is 8. The SMILES string of the molecule is NC(=O)C[C@H](N)C(=O)O.NCC(=O)OC[C@H](N)C(=O)O.O=C(O)[C@@H]1CCCN1. The molecule has 28 heavy (non-hydrogen) atoms. The fourth-order valence-corrected chi connectivity index (χ4v) is 1.51. The van der Waals surface area contributed by atoms with E-state index in [1.807, 2.05) is 0 Å². The van der Waals surface area contributed by atoms with E-state index in [4.69, 9.17) is 32.5 Å². The van der Waals surface area contributed by atoms with E-state index in [2.05, 4.69) is 15.8 Å². The van der Waals surface area contributed by atoms with Gasteiger partial charge in [0, 0.05) is 0 Å². The summed E-state index contributed by atoms with van der Waals surface area (Å²) in [5, 5.41) is 27.5. The number of carbonyl (C=O) groups is 5. The normalized spacial score (nSPS) is 16.9. The lowest BCUT2D eigenvalue weighted by atomic mass is 10.2. The van der Waals surface area contributed by atoms with Gasteiger partial charge in [-0.3, -0.25) is 24.0 Å². The number of carbonyl (C=O) groups excluding carboxylic acids is 2. The third kappa shape index (κ3) is 15.4. The predicted octanol–water partition coefficient (Wildman–Crippen LogP) is -4.00. The van der Waals surface area contributed by atoms with Crippen LogP contribution in [0, 0.1) is 0 Å². The quantitative estimate of drug-likeness (QED) is 0.178. The van der Waals surface area contributed by atoms with Crippen LogP contribution >= 0.6 is 0 Å². The first-order valence-electron chi connectivity index (χ1n) is 7.99. The number of primary amides is 1. The van der Waals surface area contributed by atoms with Crippen molar-refractivity contribution in [1.29, 1.82) is 0 Å². The Morgan fingerprint density at radius 2 is 1.57 bits per heavy atom. The molecule has 0 saturated carbocycles. The molecule has 1 rings (SSSR count). The van der Waals surface area contributed by atoms with Crippen molar-refractivity contribution in [3.63, 3.8) is 0 Å². The van der Waals surface area contributed by atoms with Gasteiger partial charge in [0.2, 0.25) is 5.91 Å². The van der Waals surface area contributed by atoms with E-state index in [0.717, 1.165) is 19.4 Å². The molecule has 0 bridgehead atoms. The van der Waals surface area contributed by atoms with Crippen molar-refractivity contribution in [1.82, 2.24) is 5.32 Å². The van der Waals surface area contributed by atoms with Crippen molar-refractivity contribution in [2.24, 2.45) is 22.9 Å². The van der Waals surface area contributed by atoms with E-state index in [0.29, 0.717) is 0 Å². The number of hydrogen-bond donors (Lipinski definition) is 8. The molecule has 0 aliphatic carbocycles. The second-order valence-electron chi connectivity index (χ2n) is 5.43. The molecular formula is C14H27N5O9. The first kappa shape index (κ1) is 27.4. The maximum absolute atomic E-state index is 10.3. The molecule has 0 aromatic carbocycles. The number of nitrogens with one attached hydrogen (secondary N) is 1. The molecule has 0 spiro atoms. The Kier molecular flexibility index (Phi) is 14.9. The number of hydrogen-bond acceptors (Lipinski definition) is 10. The summed E-state index contributed by atoms with van der Waals surface area (Å²) in [6.45, 7) is 0.245. The smallest absolute Gasteiger partial charge is 0.324 e. The average molecular weight is 409 g/mol. The number of nitrogens with two attached hydrogens (primary N) is 4. The fraction of sp³-hybridized carbons (Fsp3) is 0.643. The van der Waals surface area contributed by atoms with Gasteiger partial charge in [-0.25, -0.2) is 0 Å². The maximum Gasteiger partial charge on any atom is 0.324 e. The van der Waals surface area contributed by atoms with Crippen LogP contribution in [0.15, 0.2) is 0 Å². The molecule has 12 N–H and O–H groups in total. The lowest BCUT2D eigenvalue weighted by molar-refractivity contribution is -0.147. The van der Waals surface area contributed by atoms with Crippen LogP contribution in [0.1, 0.15) is 19.3 Å². The molecule has 1 aliphatic rings. The van der Waals surface area contributed by atoms with Crippen molar-refractivity contribution < 1.29 is 44.0 Å². The van der Waals surface area contributed by atoms with Crippen LogP contribution in [0.2, 0.25) is 0 Å². The van der Waals surface area contributed by atoms with Gasteiger partial charge in [-0.05, 0) is 19.4 Å². The van der Waals surface area contributed by atoms with Crippen molar-refractivity contribution in [2.45, 2.75) is 37.4 Å². The summed E-state index contributed by atoms with van der Waals surface area (Å²) in [6, 6.07) is -2.61. The van der Waals surface area contributed by atoms with Gasteiger partial charge in [0.15, 0.2) is 0 Å². The molecule has 0 radical (unpaired) electrons. The minimum atomic E-state index is -1.21. The number of aliphatic carboxylic acids is 3. The average Bonchev–Trinajstić information content (AvgIpc) is 3.14. The second-order valence-corrected chi connectivity index (χ2v) is 5.43. The van der Waals surface area contributed by atoms with Gasteiger partial charge >= 0.3 is 23.9 Å². The van der Waals surface area contributed by atoms with Gasteiger partial charge in [0.1, 0.15) is 24.7 Å². The third-order valence-corrected chi connectivity index (χ3v) is 3.00. The standard InChI is InChI=1S/C5H10N2O4.C5H9NO2.C4H8N2O3/c6-1-4(8)11-2-3(7)5(9)10;7-5(8)4-2-1-3-6-4;5-2(4(8)9)1-3(6)7/h3H,1-2,6-7H2,(H,9,10);4,6H,1-3H2,(H,7,8);2H,1,5H2,(H2,6,7)(H,8,9)/t3-;4-;2-/m000/s1. The molecule has 1 aliphatic heterocycles. The van der Waals surface area contributed by atoms with Crippen molar-refractivity contribution >= 4 is 29.8 Å². The summed E-state index contributed by atoms with van der Waals surface area (Å²) in [5.41, 5.74) is 19.4. The van der Waals surface area contributed by atoms with E-state index in [9.17, 15) is 24.0 Å². The number of ether oxygens (including phenoxy) is 1. The Morgan fingerprint density at radius 3 is 1.82 bits per heavy atom. The summed E-state index contributed by atoms with van der Waals surface area (Å²) in [6.07, 6.45) is 1.47. The van der Waals surface area contributed by atoms with Crippen LogP contribution in [0.4, 0.5) is 0 Å². The van der Waals surface area contributed by atoms with E-state index in [1.54, 1.807) is 0 Å². The van der Waals surface area contributed by atoms with Crippen molar-refractivity contribution in [3.8, 4) is 0 Å². The van der Waals surface area contributed by atoms with E-state index in [1.165, 1.54) is 0 Å². The zero-order valence-electron chi connectivity index (χ0n) is 15.1. The van der Waals surface area contributed by atoms with Gasteiger partial charge in [-0.1, -0.05) is 0 Å². The Morgan fingerprint density at radius 1 is 1.04 bits per heavy atom. The van der Waals surface area contributed by atoms with Gasteiger partial charge in [0.05, 0.1) is 13.0 Å². The number of esters is 1. The fourth-order valence-electron chi connectivity index (χ4n) is 1.51. The third-order valence-electron chi connectivity index (χ3n) is 3.00. The Bertz CT molecular complexity index is 537. The molecule has 0 aromatic rings. The molecular weight excluding hydrogens is 382 g/mol. The van der Waals surface area contributed by atoms with Crippen LogP contribution in [0.25, 0.3) is 0 Å². The van der Waals surface area contributed by atoms with Gasteiger partial charge in [-0.15, -0.1) is 0 Å². The molecule has 1 saturated heterocycles. The Hall–Kier alpha value is -2.81. The monoisotopic (exact) mass is 409 g/mol. The van der Waals surface area contributed by atoms with Crippen LogP contribution in [-0.2, 0) is 28.7 Å². The Labute approximate surface area is 160 Å². The molecule has 3 atom stereocenters. The zero-order valence-corrected chi connectivity index (χ0v) is 15.1. The van der Waals surface area contributed by atoms with E-state index < -0.39 is 41.9 Å². The topological polar surface area (TPSA) is 271 Å². The van der Waals surface area contributed by atoms with Crippen LogP contribution in [0.5, 0.6) is 0 Å². The highest BCUT2D eigenvalue weighted by atomic mass is 16.5. The van der Waals surface area contributed by atoms with Crippen LogP contribution < -0.4 is 28.3 Å². The van der Waals surface area contributed by atoms with Crippen molar-refractivity contribution in [3.05, 3.63) is 0 Å². The Balaban J connectivity index is 0. The largest absolute Gasteiger partial charge is 0.480 e. The highest BCUT2D eigenvalue weighted by molar-refractivity contribution is 5.83. The van der Waals surface area contributed by atoms with E-state index >= 15 is 0 Å². The molecule has 0 unspecified atom stereocenters. The maximum atomic E-state index is 10.3.